The van der Waals surface area contributed by atoms with Gasteiger partial charge in [-0.1, -0.05) is 36.4 Å². The molecule has 0 spiro atoms. The zero-order valence-corrected chi connectivity index (χ0v) is 10.4. The van der Waals surface area contributed by atoms with Crippen molar-refractivity contribution >= 4 is 16.7 Å². The summed E-state index contributed by atoms with van der Waals surface area (Å²) in [6, 6.07) is 12.5. The van der Waals surface area contributed by atoms with Crippen molar-refractivity contribution < 1.29 is 9.90 Å². The highest BCUT2D eigenvalue weighted by Gasteiger charge is 2.23. The molecule has 92 valence electrons. The second-order valence-corrected chi connectivity index (χ2v) is 5.20. The van der Waals surface area contributed by atoms with Crippen LogP contribution in [-0.4, -0.2) is 11.1 Å². The molecule has 0 heterocycles. The maximum Gasteiger partial charge on any atom is 0.310 e. The fourth-order valence-electron chi connectivity index (χ4n) is 2.37. The van der Waals surface area contributed by atoms with Crippen molar-refractivity contribution in [3.63, 3.8) is 0 Å². The first-order chi connectivity index (χ1) is 8.65. The van der Waals surface area contributed by atoms with Gasteiger partial charge in [0.05, 0.1) is 5.92 Å². The predicted molar refractivity (Wildman–Crippen MR) is 72.0 cm³/mol. The Labute approximate surface area is 106 Å². The first kappa shape index (κ1) is 11.3. The summed E-state index contributed by atoms with van der Waals surface area (Å²) in [4.78, 5) is 11.0. The van der Waals surface area contributed by atoms with Gasteiger partial charge in [-0.2, -0.15) is 0 Å². The highest BCUT2D eigenvalue weighted by atomic mass is 16.4. The van der Waals surface area contributed by atoms with Gasteiger partial charge < -0.3 is 5.11 Å². The van der Waals surface area contributed by atoms with Gasteiger partial charge in [0.25, 0.3) is 0 Å². The van der Waals surface area contributed by atoms with Crippen LogP contribution >= 0.6 is 0 Å². The van der Waals surface area contributed by atoms with Crippen molar-refractivity contribution in [2.24, 2.45) is 0 Å². The molecule has 3 rings (SSSR count). The Morgan fingerprint density at radius 2 is 1.83 bits per heavy atom. The second kappa shape index (κ2) is 4.13. The summed E-state index contributed by atoms with van der Waals surface area (Å²) >= 11 is 0. The molecule has 2 nitrogen and oxygen atoms in total. The van der Waals surface area contributed by atoms with Crippen molar-refractivity contribution in [2.75, 3.05) is 0 Å². The average molecular weight is 240 g/mol. The maximum atomic E-state index is 11.0. The lowest BCUT2D eigenvalue weighted by Gasteiger charge is -2.09. The van der Waals surface area contributed by atoms with Crippen molar-refractivity contribution in [2.45, 2.75) is 31.6 Å². The third-order valence-corrected chi connectivity index (χ3v) is 3.81. The van der Waals surface area contributed by atoms with Crippen LogP contribution in [0.25, 0.3) is 10.8 Å². The third-order valence-electron chi connectivity index (χ3n) is 3.81. The molecule has 0 radical (unpaired) electrons. The van der Waals surface area contributed by atoms with Gasteiger partial charge in [-0.25, -0.2) is 0 Å². The quantitative estimate of drug-likeness (QED) is 0.883. The number of benzene rings is 2. The first-order valence-corrected chi connectivity index (χ1v) is 6.41. The molecule has 1 atom stereocenters. The largest absolute Gasteiger partial charge is 0.481 e. The Bertz CT molecular complexity index is 612. The minimum atomic E-state index is -0.774. The van der Waals surface area contributed by atoms with Crippen molar-refractivity contribution in [3.8, 4) is 0 Å². The Kier molecular flexibility index (Phi) is 2.58. The lowest BCUT2D eigenvalue weighted by atomic mass is 9.96. The minimum absolute atomic E-state index is 0.447. The van der Waals surface area contributed by atoms with Crippen LogP contribution in [0.4, 0.5) is 0 Å². The molecule has 2 aromatic rings. The molecule has 1 aliphatic rings. The molecule has 1 N–H and O–H groups in total. The molecule has 1 aliphatic carbocycles. The van der Waals surface area contributed by atoms with E-state index in [-0.39, 0.29) is 0 Å². The van der Waals surface area contributed by atoms with E-state index in [2.05, 4.69) is 18.2 Å². The molecular formula is C16H16O2. The summed E-state index contributed by atoms with van der Waals surface area (Å²) in [5.74, 6) is -0.464. The zero-order chi connectivity index (χ0) is 12.7. The van der Waals surface area contributed by atoms with Crippen molar-refractivity contribution in [1.29, 1.82) is 0 Å². The lowest BCUT2D eigenvalue weighted by Crippen LogP contribution is -2.07. The number of fused-ring (bicyclic) bond motifs is 1. The molecular weight excluding hydrogens is 224 g/mol. The SMILES string of the molecule is CC(C(=O)O)c1ccc2cc(C3CC3)ccc2c1. The van der Waals surface area contributed by atoms with E-state index in [9.17, 15) is 4.79 Å². The molecule has 2 aromatic carbocycles. The minimum Gasteiger partial charge on any atom is -0.481 e. The van der Waals surface area contributed by atoms with E-state index >= 15 is 0 Å². The summed E-state index contributed by atoms with van der Waals surface area (Å²) < 4.78 is 0. The normalized spacial score (nSPS) is 16.7. The average Bonchev–Trinajstić information content (AvgIpc) is 3.20. The number of carboxylic acid groups (broad SMARTS) is 1. The topological polar surface area (TPSA) is 37.3 Å². The molecule has 1 saturated carbocycles. The summed E-state index contributed by atoms with van der Waals surface area (Å²) in [5, 5.41) is 11.4. The van der Waals surface area contributed by atoms with E-state index in [1.165, 1.54) is 23.8 Å². The highest BCUT2D eigenvalue weighted by Crippen LogP contribution is 2.41. The van der Waals surface area contributed by atoms with Crippen LogP contribution in [0.1, 0.15) is 42.7 Å². The van der Waals surface area contributed by atoms with Gasteiger partial charge in [-0.05, 0) is 47.6 Å². The number of hydrogen-bond acceptors (Lipinski definition) is 1. The molecule has 0 bridgehead atoms. The summed E-state index contributed by atoms with van der Waals surface area (Å²) in [6.45, 7) is 1.72. The van der Waals surface area contributed by atoms with Crippen LogP contribution in [-0.2, 0) is 4.79 Å². The van der Waals surface area contributed by atoms with Gasteiger partial charge in [0.1, 0.15) is 0 Å². The van der Waals surface area contributed by atoms with Gasteiger partial charge in [0.2, 0.25) is 0 Å². The summed E-state index contributed by atoms with van der Waals surface area (Å²) in [6.07, 6.45) is 2.61. The summed E-state index contributed by atoms with van der Waals surface area (Å²) in [7, 11) is 0. The standard InChI is InChI=1S/C16H16O2/c1-10(16(17)18)12-4-5-15-9-13(11-2-3-11)6-7-14(15)8-12/h4-11H,2-3H2,1H3,(H,17,18). The number of rotatable bonds is 3. The fourth-order valence-corrected chi connectivity index (χ4v) is 2.37. The Hall–Kier alpha value is -1.83. The third kappa shape index (κ3) is 1.99. The van der Waals surface area contributed by atoms with Gasteiger partial charge >= 0.3 is 5.97 Å². The fraction of sp³-hybridized carbons (Fsp3) is 0.312. The number of carboxylic acids is 1. The van der Waals surface area contributed by atoms with Gasteiger partial charge in [0.15, 0.2) is 0 Å². The molecule has 0 amide bonds. The smallest absolute Gasteiger partial charge is 0.310 e. The van der Waals surface area contributed by atoms with Gasteiger partial charge in [0, 0.05) is 0 Å². The zero-order valence-electron chi connectivity index (χ0n) is 10.4. The van der Waals surface area contributed by atoms with E-state index < -0.39 is 11.9 Å². The molecule has 0 saturated heterocycles. The van der Waals surface area contributed by atoms with Crippen molar-refractivity contribution in [3.05, 3.63) is 47.5 Å². The Morgan fingerprint density at radius 1 is 1.17 bits per heavy atom. The molecule has 1 unspecified atom stereocenters. The maximum absolute atomic E-state index is 11.0. The number of aliphatic carboxylic acids is 1. The second-order valence-electron chi connectivity index (χ2n) is 5.20. The Balaban J connectivity index is 2.02. The number of carbonyl (C=O) groups is 1. The highest BCUT2D eigenvalue weighted by molar-refractivity contribution is 5.86. The van der Waals surface area contributed by atoms with Gasteiger partial charge in [-0.3, -0.25) is 4.79 Å². The van der Waals surface area contributed by atoms with E-state index in [0.717, 1.165) is 16.9 Å². The Morgan fingerprint density at radius 3 is 2.50 bits per heavy atom. The van der Waals surface area contributed by atoms with Crippen LogP contribution in [0.3, 0.4) is 0 Å². The molecule has 0 aromatic heterocycles. The number of hydrogen-bond donors (Lipinski definition) is 1. The van der Waals surface area contributed by atoms with E-state index in [1.807, 2.05) is 18.2 Å². The van der Waals surface area contributed by atoms with E-state index in [0.29, 0.717) is 0 Å². The monoisotopic (exact) mass is 240 g/mol. The molecule has 0 aliphatic heterocycles. The molecule has 2 heteroatoms. The van der Waals surface area contributed by atoms with Crippen LogP contribution in [0.15, 0.2) is 36.4 Å². The lowest BCUT2D eigenvalue weighted by molar-refractivity contribution is -0.138. The van der Waals surface area contributed by atoms with E-state index in [1.54, 1.807) is 6.92 Å². The van der Waals surface area contributed by atoms with Crippen LogP contribution in [0, 0.1) is 0 Å². The molecule has 18 heavy (non-hydrogen) atoms. The van der Waals surface area contributed by atoms with E-state index in [4.69, 9.17) is 5.11 Å². The first-order valence-electron chi connectivity index (χ1n) is 6.41. The van der Waals surface area contributed by atoms with Crippen LogP contribution < -0.4 is 0 Å². The van der Waals surface area contributed by atoms with Gasteiger partial charge in [-0.15, -0.1) is 0 Å². The van der Waals surface area contributed by atoms with Crippen molar-refractivity contribution in [1.82, 2.24) is 0 Å². The summed E-state index contributed by atoms with van der Waals surface area (Å²) in [5.41, 5.74) is 2.29. The van der Waals surface area contributed by atoms with Crippen LogP contribution in [0.5, 0.6) is 0 Å². The van der Waals surface area contributed by atoms with Crippen LogP contribution in [0.2, 0.25) is 0 Å². The predicted octanol–water partition coefficient (Wildman–Crippen LogP) is 3.91. The molecule has 1 fully saturated rings.